The van der Waals surface area contributed by atoms with E-state index in [1.807, 2.05) is 9.80 Å². The number of amides is 3. The maximum absolute atomic E-state index is 12.5. The molecule has 2 aliphatic rings. The van der Waals surface area contributed by atoms with Crippen LogP contribution in [0.15, 0.2) is 0 Å². The van der Waals surface area contributed by atoms with Gasteiger partial charge in [0.1, 0.15) is 0 Å². The molecule has 2 saturated heterocycles. The lowest BCUT2D eigenvalue weighted by Crippen LogP contribution is -2.63. The molecule has 0 saturated carbocycles. The van der Waals surface area contributed by atoms with Crippen molar-refractivity contribution in [2.75, 3.05) is 53.4 Å². The Hall–Kier alpha value is -1.30. The molecule has 0 unspecified atom stereocenters. The largest absolute Gasteiger partial charge is 0.342 e. The number of hydrogen-bond acceptors (Lipinski definition) is 3. The number of carbonyl (C=O) groups is 2. The van der Waals surface area contributed by atoms with Crippen molar-refractivity contribution in [2.24, 2.45) is 0 Å². The molecule has 0 aromatic carbocycles. The molecule has 0 atom stereocenters. The van der Waals surface area contributed by atoms with Gasteiger partial charge >= 0.3 is 6.03 Å². The first-order valence-corrected chi connectivity index (χ1v) is 8.30. The van der Waals surface area contributed by atoms with Crippen molar-refractivity contribution in [3.63, 3.8) is 0 Å². The van der Waals surface area contributed by atoms with E-state index in [2.05, 4.69) is 18.7 Å². The second kappa shape index (κ2) is 6.86. The van der Waals surface area contributed by atoms with Crippen LogP contribution in [0.5, 0.6) is 0 Å². The summed E-state index contributed by atoms with van der Waals surface area (Å²) in [5.74, 6) is 0.236. The zero-order chi connectivity index (χ0) is 16.3. The highest BCUT2D eigenvalue weighted by Crippen LogP contribution is 2.22. The van der Waals surface area contributed by atoms with E-state index in [1.165, 1.54) is 6.42 Å². The van der Waals surface area contributed by atoms with Gasteiger partial charge in [-0.05, 0) is 33.1 Å². The van der Waals surface area contributed by atoms with Crippen LogP contribution in [0.4, 0.5) is 4.79 Å². The Morgan fingerprint density at radius 2 is 1.59 bits per heavy atom. The van der Waals surface area contributed by atoms with Gasteiger partial charge in [0.05, 0.1) is 6.54 Å². The third-order valence-corrected chi connectivity index (χ3v) is 4.76. The topological polar surface area (TPSA) is 47.1 Å². The summed E-state index contributed by atoms with van der Waals surface area (Å²) in [6.45, 7) is 8.61. The number of piperidine rings is 1. The fraction of sp³-hybridized carbons (Fsp3) is 0.875. The van der Waals surface area contributed by atoms with Crippen LogP contribution in [-0.2, 0) is 4.79 Å². The lowest BCUT2D eigenvalue weighted by Gasteiger charge is -2.47. The SMILES string of the molecule is CN(C)C(=O)N1CCN(CC(=O)N2CCCCC2)C(C)(C)C1. The summed E-state index contributed by atoms with van der Waals surface area (Å²) in [7, 11) is 3.56. The van der Waals surface area contributed by atoms with Crippen molar-refractivity contribution < 1.29 is 9.59 Å². The molecule has 0 aromatic rings. The molecule has 2 aliphatic heterocycles. The minimum absolute atomic E-state index is 0.0510. The molecule has 22 heavy (non-hydrogen) atoms. The first kappa shape index (κ1) is 17.1. The van der Waals surface area contributed by atoms with E-state index < -0.39 is 0 Å². The number of carbonyl (C=O) groups excluding carboxylic acids is 2. The fourth-order valence-electron chi connectivity index (χ4n) is 3.34. The molecule has 2 heterocycles. The van der Waals surface area contributed by atoms with Gasteiger partial charge in [-0.1, -0.05) is 0 Å². The molecule has 6 heteroatoms. The standard InChI is InChI=1S/C16H30N4O2/c1-16(2)13-19(15(22)17(3)4)10-11-20(16)12-14(21)18-8-6-5-7-9-18/h5-13H2,1-4H3. The summed E-state index contributed by atoms with van der Waals surface area (Å²) < 4.78 is 0. The Bertz CT molecular complexity index is 416. The summed E-state index contributed by atoms with van der Waals surface area (Å²) in [5.41, 5.74) is -0.171. The van der Waals surface area contributed by atoms with E-state index in [-0.39, 0.29) is 17.5 Å². The van der Waals surface area contributed by atoms with Gasteiger partial charge in [-0.25, -0.2) is 4.79 Å². The van der Waals surface area contributed by atoms with Crippen LogP contribution in [-0.4, -0.2) is 90.4 Å². The molecule has 6 nitrogen and oxygen atoms in total. The molecule has 2 rings (SSSR count). The van der Waals surface area contributed by atoms with Gasteiger partial charge in [0.15, 0.2) is 0 Å². The predicted molar refractivity (Wildman–Crippen MR) is 86.7 cm³/mol. The number of nitrogens with zero attached hydrogens (tertiary/aromatic N) is 4. The fourth-order valence-corrected chi connectivity index (χ4v) is 3.34. The number of hydrogen-bond donors (Lipinski definition) is 0. The van der Waals surface area contributed by atoms with Crippen molar-refractivity contribution in [1.29, 1.82) is 0 Å². The number of likely N-dealkylation sites (tertiary alicyclic amines) is 1. The van der Waals surface area contributed by atoms with Crippen LogP contribution < -0.4 is 0 Å². The molecule has 0 N–H and O–H groups in total. The quantitative estimate of drug-likeness (QED) is 0.767. The highest BCUT2D eigenvalue weighted by Gasteiger charge is 2.37. The van der Waals surface area contributed by atoms with Crippen LogP contribution in [0.25, 0.3) is 0 Å². The first-order chi connectivity index (χ1) is 10.3. The molecule has 0 bridgehead atoms. The predicted octanol–water partition coefficient (Wildman–Crippen LogP) is 1.08. The van der Waals surface area contributed by atoms with E-state index in [4.69, 9.17) is 0 Å². The van der Waals surface area contributed by atoms with E-state index >= 15 is 0 Å². The lowest BCUT2D eigenvalue weighted by atomic mass is 9.98. The molecular weight excluding hydrogens is 280 g/mol. The first-order valence-electron chi connectivity index (χ1n) is 8.30. The van der Waals surface area contributed by atoms with Gasteiger partial charge in [0, 0.05) is 52.4 Å². The Morgan fingerprint density at radius 1 is 0.955 bits per heavy atom. The van der Waals surface area contributed by atoms with Crippen molar-refractivity contribution in [3.8, 4) is 0 Å². The highest BCUT2D eigenvalue weighted by atomic mass is 16.2. The molecule has 0 spiro atoms. The maximum Gasteiger partial charge on any atom is 0.319 e. The Morgan fingerprint density at radius 3 is 2.14 bits per heavy atom. The third kappa shape index (κ3) is 3.91. The summed E-state index contributed by atoms with van der Waals surface area (Å²) >= 11 is 0. The number of piperazine rings is 1. The Balaban J connectivity index is 1.92. The van der Waals surface area contributed by atoms with Crippen LogP contribution >= 0.6 is 0 Å². The van der Waals surface area contributed by atoms with E-state index in [9.17, 15) is 9.59 Å². The zero-order valence-electron chi connectivity index (χ0n) is 14.5. The van der Waals surface area contributed by atoms with Gasteiger partial charge in [-0.3, -0.25) is 9.69 Å². The van der Waals surface area contributed by atoms with E-state index in [0.717, 1.165) is 32.5 Å². The zero-order valence-corrected chi connectivity index (χ0v) is 14.5. The second-order valence-corrected chi connectivity index (χ2v) is 7.27. The highest BCUT2D eigenvalue weighted by molar-refractivity contribution is 5.78. The van der Waals surface area contributed by atoms with Crippen molar-refractivity contribution in [1.82, 2.24) is 19.6 Å². The number of rotatable bonds is 2. The second-order valence-electron chi connectivity index (χ2n) is 7.27. The van der Waals surface area contributed by atoms with Crippen molar-refractivity contribution in [3.05, 3.63) is 0 Å². The molecule has 126 valence electrons. The Labute approximate surface area is 134 Å². The smallest absolute Gasteiger partial charge is 0.319 e. The van der Waals surface area contributed by atoms with Gasteiger partial charge in [0.2, 0.25) is 5.91 Å². The van der Waals surface area contributed by atoms with E-state index in [1.54, 1.807) is 19.0 Å². The summed E-state index contributed by atoms with van der Waals surface area (Å²) in [5, 5.41) is 0. The normalized spacial score (nSPS) is 22.5. The van der Waals surface area contributed by atoms with Crippen LogP contribution in [0.1, 0.15) is 33.1 Å². The van der Waals surface area contributed by atoms with Crippen LogP contribution in [0.3, 0.4) is 0 Å². The molecule has 3 amide bonds. The Kier molecular flexibility index (Phi) is 5.32. The van der Waals surface area contributed by atoms with E-state index in [0.29, 0.717) is 19.6 Å². The average Bonchev–Trinajstić information content (AvgIpc) is 2.48. The summed E-state index contributed by atoms with van der Waals surface area (Å²) in [6, 6.07) is 0.0510. The van der Waals surface area contributed by atoms with Crippen LogP contribution in [0.2, 0.25) is 0 Å². The molecular formula is C16H30N4O2. The van der Waals surface area contributed by atoms with Crippen molar-refractivity contribution >= 4 is 11.9 Å². The molecule has 0 radical (unpaired) electrons. The van der Waals surface area contributed by atoms with Gasteiger partial charge in [-0.15, -0.1) is 0 Å². The minimum atomic E-state index is -0.171. The maximum atomic E-state index is 12.5. The molecule has 0 aliphatic carbocycles. The lowest BCUT2D eigenvalue weighted by molar-refractivity contribution is -0.135. The molecule has 2 fully saturated rings. The third-order valence-electron chi connectivity index (χ3n) is 4.76. The number of urea groups is 1. The van der Waals surface area contributed by atoms with Gasteiger partial charge in [0.25, 0.3) is 0 Å². The van der Waals surface area contributed by atoms with Crippen molar-refractivity contribution in [2.45, 2.75) is 38.6 Å². The molecule has 0 aromatic heterocycles. The summed E-state index contributed by atoms with van der Waals surface area (Å²) in [4.78, 5) is 32.3. The average molecular weight is 310 g/mol. The summed E-state index contributed by atoms with van der Waals surface area (Å²) in [6.07, 6.45) is 3.49. The van der Waals surface area contributed by atoms with Gasteiger partial charge < -0.3 is 14.7 Å². The van der Waals surface area contributed by atoms with Gasteiger partial charge in [-0.2, -0.15) is 0 Å². The monoisotopic (exact) mass is 310 g/mol. The van der Waals surface area contributed by atoms with Crippen LogP contribution in [0, 0.1) is 0 Å². The minimum Gasteiger partial charge on any atom is -0.342 e.